The second-order valence-corrected chi connectivity index (χ2v) is 5.94. The molecule has 2 aromatic carbocycles. The molecule has 0 fully saturated rings. The molecule has 1 amide bonds. The number of aromatic nitrogens is 2. The van der Waals surface area contributed by atoms with Gasteiger partial charge in [-0.05, 0) is 24.3 Å². The third kappa shape index (κ3) is 4.38. The van der Waals surface area contributed by atoms with Crippen LogP contribution in [0.15, 0.2) is 61.2 Å². The number of amides is 1. The monoisotopic (exact) mass is 337 g/mol. The van der Waals surface area contributed by atoms with Crippen LogP contribution < -0.4 is 10.1 Å². The average Bonchev–Trinajstić information content (AvgIpc) is 3.16. The SMILES string of the molecule is CC[C@H](Oc1cccc2ccccc12)C(=O)NCCCn1ccnc1. The summed E-state index contributed by atoms with van der Waals surface area (Å²) in [6.45, 7) is 3.41. The Morgan fingerprint density at radius 3 is 2.88 bits per heavy atom. The molecule has 0 aliphatic rings. The van der Waals surface area contributed by atoms with Gasteiger partial charge in [-0.2, -0.15) is 0 Å². The molecule has 1 aromatic heterocycles. The molecule has 130 valence electrons. The highest BCUT2D eigenvalue weighted by Gasteiger charge is 2.18. The molecule has 3 aromatic rings. The number of rotatable bonds is 8. The lowest BCUT2D eigenvalue weighted by molar-refractivity contribution is -0.128. The quantitative estimate of drug-likeness (QED) is 0.641. The molecule has 0 spiro atoms. The highest BCUT2D eigenvalue weighted by molar-refractivity contribution is 5.89. The smallest absolute Gasteiger partial charge is 0.261 e. The maximum atomic E-state index is 12.4. The van der Waals surface area contributed by atoms with E-state index in [0.29, 0.717) is 13.0 Å². The number of imidazole rings is 1. The molecule has 5 nitrogen and oxygen atoms in total. The van der Waals surface area contributed by atoms with Gasteiger partial charge in [0.2, 0.25) is 0 Å². The van der Waals surface area contributed by atoms with Crippen molar-refractivity contribution in [3.8, 4) is 5.75 Å². The van der Waals surface area contributed by atoms with Gasteiger partial charge in [-0.15, -0.1) is 0 Å². The van der Waals surface area contributed by atoms with Crippen molar-refractivity contribution in [2.75, 3.05) is 6.54 Å². The van der Waals surface area contributed by atoms with E-state index in [1.807, 2.05) is 60.2 Å². The number of carbonyl (C=O) groups is 1. The van der Waals surface area contributed by atoms with Crippen molar-refractivity contribution in [1.82, 2.24) is 14.9 Å². The van der Waals surface area contributed by atoms with Gasteiger partial charge in [-0.3, -0.25) is 4.79 Å². The van der Waals surface area contributed by atoms with Crippen molar-refractivity contribution < 1.29 is 9.53 Å². The average molecular weight is 337 g/mol. The molecule has 1 N–H and O–H groups in total. The van der Waals surface area contributed by atoms with Gasteiger partial charge >= 0.3 is 0 Å². The minimum absolute atomic E-state index is 0.0685. The van der Waals surface area contributed by atoms with Crippen molar-refractivity contribution in [2.45, 2.75) is 32.4 Å². The number of hydrogen-bond donors (Lipinski definition) is 1. The Kier molecular flexibility index (Phi) is 5.67. The molecule has 3 rings (SSSR count). The van der Waals surface area contributed by atoms with Gasteiger partial charge in [-0.1, -0.05) is 43.3 Å². The lowest BCUT2D eigenvalue weighted by atomic mass is 10.1. The topological polar surface area (TPSA) is 56.1 Å². The number of ether oxygens (including phenoxy) is 1. The zero-order chi connectivity index (χ0) is 17.5. The molecule has 0 aliphatic carbocycles. The number of nitrogens with zero attached hydrogens (tertiary/aromatic N) is 2. The van der Waals surface area contributed by atoms with E-state index >= 15 is 0 Å². The van der Waals surface area contributed by atoms with E-state index in [2.05, 4.69) is 10.3 Å². The Morgan fingerprint density at radius 2 is 2.08 bits per heavy atom. The zero-order valence-corrected chi connectivity index (χ0v) is 14.4. The van der Waals surface area contributed by atoms with Crippen LogP contribution in [0.4, 0.5) is 0 Å². The Balaban J connectivity index is 1.56. The number of aryl methyl sites for hydroxylation is 1. The molecule has 25 heavy (non-hydrogen) atoms. The lowest BCUT2D eigenvalue weighted by Gasteiger charge is -2.18. The van der Waals surface area contributed by atoms with E-state index in [0.717, 1.165) is 29.5 Å². The van der Waals surface area contributed by atoms with Crippen LogP contribution in [0.1, 0.15) is 19.8 Å². The molecular weight excluding hydrogens is 314 g/mol. The van der Waals surface area contributed by atoms with Crippen LogP contribution in [0.5, 0.6) is 5.75 Å². The van der Waals surface area contributed by atoms with Crippen LogP contribution in [0.2, 0.25) is 0 Å². The van der Waals surface area contributed by atoms with Crippen LogP contribution in [0.3, 0.4) is 0 Å². The van der Waals surface area contributed by atoms with Crippen LogP contribution in [0, 0.1) is 0 Å². The van der Waals surface area contributed by atoms with Crippen molar-refractivity contribution in [2.24, 2.45) is 0 Å². The third-order valence-corrected chi connectivity index (χ3v) is 4.13. The second kappa shape index (κ2) is 8.33. The summed E-state index contributed by atoms with van der Waals surface area (Å²) in [5.74, 6) is 0.680. The third-order valence-electron chi connectivity index (χ3n) is 4.13. The molecule has 1 heterocycles. The summed E-state index contributed by atoms with van der Waals surface area (Å²) in [4.78, 5) is 16.4. The number of hydrogen-bond acceptors (Lipinski definition) is 3. The lowest BCUT2D eigenvalue weighted by Crippen LogP contribution is -2.38. The first kappa shape index (κ1) is 17.0. The number of nitrogens with one attached hydrogen (secondary N) is 1. The van der Waals surface area contributed by atoms with Crippen molar-refractivity contribution in [3.63, 3.8) is 0 Å². The summed E-state index contributed by atoms with van der Waals surface area (Å²) < 4.78 is 8.01. The maximum Gasteiger partial charge on any atom is 0.261 e. The Labute approximate surface area is 147 Å². The predicted octanol–water partition coefficient (Wildman–Crippen LogP) is 3.40. The van der Waals surface area contributed by atoms with Crippen LogP contribution in [-0.2, 0) is 11.3 Å². The molecule has 0 bridgehead atoms. The minimum atomic E-state index is -0.487. The molecule has 0 saturated heterocycles. The molecule has 1 atom stereocenters. The fourth-order valence-corrected chi connectivity index (χ4v) is 2.78. The number of fused-ring (bicyclic) bond motifs is 1. The van der Waals surface area contributed by atoms with E-state index in [-0.39, 0.29) is 5.91 Å². The van der Waals surface area contributed by atoms with Crippen molar-refractivity contribution in [1.29, 1.82) is 0 Å². The largest absolute Gasteiger partial charge is 0.480 e. The summed E-state index contributed by atoms with van der Waals surface area (Å²) >= 11 is 0. The van der Waals surface area contributed by atoms with Crippen molar-refractivity contribution in [3.05, 3.63) is 61.2 Å². The van der Waals surface area contributed by atoms with Crippen LogP contribution >= 0.6 is 0 Å². The van der Waals surface area contributed by atoms with Gasteiger partial charge in [0, 0.05) is 30.9 Å². The van der Waals surface area contributed by atoms with Gasteiger partial charge in [0.1, 0.15) is 5.75 Å². The molecule has 0 radical (unpaired) electrons. The fraction of sp³-hybridized carbons (Fsp3) is 0.300. The standard InChI is InChI=1S/C20H23N3O2/c1-2-18(20(24)22-11-6-13-23-14-12-21-15-23)25-19-10-5-8-16-7-3-4-9-17(16)19/h3-5,7-10,12,14-15,18H,2,6,11,13H2,1H3,(H,22,24)/t18-/m0/s1. The predicted molar refractivity (Wildman–Crippen MR) is 98.5 cm³/mol. The highest BCUT2D eigenvalue weighted by atomic mass is 16.5. The molecule has 0 aliphatic heterocycles. The zero-order valence-electron chi connectivity index (χ0n) is 14.4. The second-order valence-electron chi connectivity index (χ2n) is 5.94. The Bertz CT molecular complexity index is 809. The van der Waals surface area contributed by atoms with E-state index in [1.54, 1.807) is 12.5 Å². The van der Waals surface area contributed by atoms with Gasteiger partial charge < -0.3 is 14.6 Å². The number of benzene rings is 2. The molecule has 0 unspecified atom stereocenters. The van der Waals surface area contributed by atoms with E-state index < -0.39 is 6.10 Å². The van der Waals surface area contributed by atoms with Crippen molar-refractivity contribution >= 4 is 16.7 Å². The first-order chi connectivity index (χ1) is 12.3. The summed E-state index contributed by atoms with van der Waals surface area (Å²) in [6.07, 6.45) is 6.44. The summed E-state index contributed by atoms with van der Waals surface area (Å²) in [5, 5.41) is 5.10. The summed E-state index contributed by atoms with van der Waals surface area (Å²) in [7, 11) is 0. The highest BCUT2D eigenvalue weighted by Crippen LogP contribution is 2.26. The van der Waals surface area contributed by atoms with Crippen LogP contribution in [-0.4, -0.2) is 28.1 Å². The Morgan fingerprint density at radius 1 is 1.24 bits per heavy atom. The van der Waals surface area contributed by atoms with Gasteiger partial charge in [0.25, 0.3) is 5.91 Å². The molecule has 0 saturated carbocycles. The van der Waals surface area contributed by atoms with Gasteiger partial charge in [0.05, 0.1) is 6.33 Å². The van der Waals surface area contributed by atoms with Crippen LogP contribution in [0.25, 0.3) is 10.8 Å². The van der Waals surface area contributed by atoms with E-state index in [4.69, 9.17) is 4.74 Å². The normalized spacial score (nSPS) is 12.0. The molecule has 5 heteroatoms. The van der Waals surface area contributed by atoms with Gasteiger partial charge in [0.15, 0.2) is 6.10 Å². The summed E-state index contributed by atoms with van der Waals surface area (Å²) in [5.41, 5.74) is 0. The number of carbonyl (C=O) groups excluding carboxylic acids is 1. The first-order valence-corrected chi connectivity index (χ1v) is 8.66. The first-order valence-electron chi connectivity index (χ1n) is 8.66. The minimum Gasteiger partial charge on any atom is -0.480 e. The van der Waals surface area contributed by atoms with Gasteiger partial charge in [-0.25, -0.2) is 4.98 Å². The Hall–Kier alpha value is -2.82. The van der Waals surface area contributed by atoms with E-state index in [1.165, 1.54) is 0 Å². The maximum absolute atomic E-state index is 12.4. The fourth-order valence-electron chi connectivity index (χ4n) is 2.78. The van der Waals surface area contributed by atoms with E-state index in [9.17, 15) is 4.79 Å². The summed E-state index contributed by atoms with van der Waals surface area (Å²) in [6, 6.07) is 13.9. The molecular formula is C20H23N3O2.